The van der Waals surface area contributed by atoms with Crippen molar-refractivity contribution in [3.63, 3.8) is 0 Å². The van der Waals surface area contributed by atoms with Crippen LogP contribution < -0.4 is 5.32 Å². The van der Waals surface area contributed by atoms with Gasteiger partial charge in [-0.3, -0.25) is 4.68 Å². The van der Waals surface area contributed by atoms with Crippen LogP contribution in [-0.2, 0) is 18.6 Å². The molecule has 0 saturated heterocycles. The lowest BCUT2D eigenvalue weighted by Gasteiger charge is -2.57. The van der Waals surface area contributed by atoms with Gasteiger partial charge in [0.25, 0.3) is 0 Å². The molecule has 2 heterocycles. The first-order valence-corrected chi connectivity index (χ1v) is 7.59. The van der Waals surface area contributed by atoms with E-state index in [1.807, 2.05) is 0 Å². The lowest BCUT2D eigenvalue weighted by atomic mass is 9.53. The van der Waals surface area contributed by atoms with Crippen LogP contribution in [0.3, 0.4) is 0 Å². The molecule has 0 spiro atoms. The highest BCUT2D eigenvalue weighted by Crippen LogP contribution is 2.59. The van der Waals surface area contributed by atoms with Crippen LogP contribution in [0.2, 0.25) is 0 Å². The maximum Gasteiger partial charge on any atom is 0.0639 e. The minimum absolute atomic E-state index is 0.411. The zero-order valence-electron chi connectivity index (χ0n) is 10.9. The van der Waals surface area contributed by atoms with Crippen LogP contribution in [0.15, 0.2) is 6.20 Å². The van der Waals surface area contributed by atoms with Crippen LogP contribution in [0.25, 0.3) is 0 Å². The van der Waals surface area contributed by atoms with Crippen LogP contribution in [-0.4, -0.2) is 9.78 Å². The van der Waals surface area contributed by atoms with Crippen LogP contribution >= 0.6 is 0 Å². The molecule has 1 aromatic heterocycles. The summed E-state index contributed by atoms with van der Waals surface area (Å²) in [4.78, 5) is 0. The average molecular weight is 243 g/mol. The first-order chi connectivity index (χ1) is 8.82. The Kier molecular flexibility index (Phi) is 1.77. The summed E-state index contributed by atoms with van der Waals surface area (Å²) < 4.78 is 2.47. The second-order valence-electron chi connectivity index (χ2n) is 7.27. The number of rotatable bonds is 1. The van der Waals surface area contributed by atoms with Gasteiger partial charge in [-0.1, -0.05) is 0 Å². The highest BCUT2D eigenvalue weighted by molar-refractivity contribution is 5.24. The number of nitrogens with one attached hydrogen (secondary N) is 1. The van der Waals surface area contributed by atoms with Gasteiger partial charge in [-0.25, -0.2) is 0 Å². The molecule has 0 amide bonds. The summed E-state index contributed by atoms with van der Waals surface area (Å²) >= 11 is 0. The standard InChI is InChI=1S/C15H21N3/c1-10-2-12-3-11(1)5-15(4-10,6-12)18-14-9-16-7-13(14)8-17-18/h8,10-12,16H,1-7,9H2. The predicted molar refractivity (Wildman–Crippen MR) is 68.9 cm³/mol. The quantitative estimate of drug-likeness (QED) is 0.821. The minimum Gasteiger partial charge on any atom is -0.307 e. The Morgan fingerprint density at radius 1 is 1.06 bits per heavy atom. The molecule has 5 aliphatic rings. The van der Waals surface area contributed by atoms with Crippen molar-refractivity contribution in [1.82, 2.24) is 15.1 Å². The first kappa shape index (κ1) is 10.0. The van der Waals surface area contributed by atoms with Crippen molar-refractivity contribution in [2.45, 2.75) is 57.2 Å². The van der Waals surface area contributed by atoms with Crippen molar-refractivity contribution in [1.29, 1.82) is 0 Å². The zero-order valence-corrected chi connectivity index (χ0v) is 10.9. The molecule has 18 heavy (non-hydrogen) atoms. The normalized spacial score (nSPS) is 44.6. The van der Waals surface area contributed by atoms with E-state index in [4.69, 9.17) is 5.10 Å². The van der Waals surface area contributed by atoms with Crippen molar-refractivity contribution in [3.05, 3.63) is 17.5 Å². The van der Waals surface area contributed by atoms with Crippen LogP contribution in [0.4, 0.5) is 0 Å². The topological polar surface area (TPSA) is 29.9 Å². The third kappa shape index (κ3) is 1.16. The summed E-state index contributed by atoms with van der Waals surface area (Å²) in [6.07, 6.45) is 10.9. The lowest BCUT2D eigenvalue weighted by molar-refractivity contribution is -0.0507. The summed E-state index contributed by atoms with van der Waals surface area (Å²) in [5.74, 6) is 3.02. The van der Waals surface area contributed by atoms with E-state index in [-0.39, 0.29) is 0 Å². The molecule has 96 valence electrons. The Morgan fingerprint density at radius 2 is 1.72 bits per heavy atom. The molecular formula is C15H21N3. The lowest BCUT2D eigenvalue weighted by Crippen LogP contribution is -2.52. The van der Waals surface area contributed by atoms with E-state index in [0.29, 0.717) is 5.54 Å². The number of hydrogen-bond acceptors (Lipinski definition) is 2. The van der Waals surface area contributed by atoms with E-state index < -0.39 is 0 Å². The Hall–Kier alpha value is -0.830. The average Bonchev–Trinajstić information content (AvgIpc) is 2.87. The van der Waals surface area contributed by atoms with Gasteiger partial charge in [0, 0.05) is 18.7 Å². The van der Waals surface area contributed by atoms with E-state index in [1.54, 1.807) is 0 Å². The molecule has 1 N–H and O–H groups in total. The van der Waals surface area contributed by atoms with Gasteiger partial charge in [0.15, 0.2) is 0 Å². The molecule has 1 aliphatic heterocycles. The summed E-state index contributed by atoms with van der Waals surface area (Å²) in [6.45, 7) is 2.07. The van der Waals surface area contributed by atoms with Gasteiger partial charge in [-0.2, -0.15) is 5.10 Å². The van der Waals surface area contributed by atoms with E-state index >= 15 is 0 Å². The summed E-state index contributed by atoms with van der Waals surface area (Å²) in [7, 11) is 0. The highest BCUT2D eigenvalue weighted by atomic mass is 15.3. The Labute approximate surface area is 108 Å². The largest absolute Gasteiger partial charge is 0.307 e. The van der Waals surface area contributed by atoms with Gasteiger partial charge < -0.3 is 5.32 Å². The SMILES string of the molecule is c1nn(C23CC4CC(CC(C4)C2)C3)c2c1CNC2. The van der Waals surface area contributed by atoms with E-state index in [0.717, 1.165) is 30.8 Å². The Morgan fingerprint density at radius 3 is 2.39 bits per heavy atom. The molecule has 1 aromatic rings. The van der Waals surface area contributed by atoms with Gasteiger partial charge in [0.1, 0.15) is 0 Å². The van der Waals surface area contributed by atoms with E-state index in [9.17, 15) is 0 Å². The van der Waals surface area contributed by atoms with Gasteiger partial charge in [-0.15, -0.1) is 0 Å². The van der Waals surface area contributed by atoms with Crippen molar-refractivity contribution < 1.29 is 0 Å². The first-order valence-electron chi connectivity index (χ1n) is 7.59. The predicted octanol–water partition coefficient (Wildman–Crippen LogP) is 2.41. The number of aromatic nitrogens is 2. The maximum absolute atomic E-state index is 4.80. The summed E-state index contributed by atoms with van der Waals surface area (Å²) in [5.41, 5.74) is 3.36. The van der Waals surface area contributed by atoms with Crippen molar-refractivity contribution in [3.8, 4) is 0 Å². The summed E-state index contributed by atoms with van der Waals surface area (Å²) in [6, 6.07) is 0. The minimum atomic E-state index is 0.411. The fourth-order valence-electron chi connectivity index (χ4n) is 5.79. The van der Waals surface area contributed by atoms with Crippen LogP contribution in [0.5, 0.6) is 0 Å². The maximum atomic E-state index is 4.80. The van der Waals surface area contributed by atoms with Crippen molar-refractivity contribution in [2.75, 3.05) is 0 Å². The molecule has 3 heteroatoms. The Bertz CT molecular complexity index is 467. The third-order valence-electron chi connectivity index (χ3n) is 6.02. The molecule has 0 atom stereocenters. The monoisotopic (exact) mass is 243 g/mol. The number of hydrogen-bond donors (Lipinski definition) is 1. The van der Waals surface area contributed by atoms with Crippen LogP contribution in [0.1, 0.15) is 49.8 Å². The molecule has 4 bridgehead atoms. The molecule has 6 rings (SSSR count). The molecule has 3 nitrogen and oxygen atoms in total. The molecule has 0 radical (unpaired) electrons. The molecule has 4 saturated carbocycles. The highest BCUT2D eigenvalue weighted by Gasteiger charge is 2.53. The number of nitrogens with zero attached hydrogens (tertiary/aromatic N) is 2. The van der Waals surface area contributed by atoms with E-state index in [1.165, 1.54) is 49.8 Å². The van der Waals surface area contributed by atoms with Crippen molar-refractivity contribution in [2.24, 2.45) is 17.8 Å². The second-order valence-corrected chi connectivity index (χ2v) is 7.27. The van der Waals surface area contributed by atoms with Crippen molar-refractivity contribution >= 4 is 0 Å². The summed E-state index contributed by atoms with van der Waals surface area (Å²) in [5, 5.41) is 8.28. The smallest absolute Gasteiger partial charge is 0.0639 e. The third-order valence-corrected chi connectivity index (χ3v) is 6.02. The van der Waals surface area contributed by atoms with Gasteiger partial charge in [0.2, 0.25) is 0 Å². The fraction of sp³-hybridized carbons (Fsp3) is 0.800. The van der Waals surface area contributed by atoms with Gasteiger partial charge in [-0.05, 0) is 56.3 Å². The van der Waals surface area contributed by atoms with Gasteiger partial charge in [0.05, 0.1) is 17.4 Å². The number of fused-ring (bicyclic) bond motifs is 1. The zero-order chi connectivity index (χ0) is 11.7. The molecular weight excluding hydrogens is 222 g/mol. The molecule has 4 fully saturated rings. The fourth-order valence-corrected chi connectivity index (χ4v) is 5.79. The van der Waals surface area contributed by atoms with Gasteiger partial charge >= 0.3 is 0 Å². The second kappa shape index (κ2) is 3.19. The van der Waals surface area contributed by atoms with E-state index in [2.05, 4.69) is 16.2 Å². The van der Waals surface area contributed by atoms with Crippen LogP contribution in [0, 0.1) is 17.8 Å². The Balaban J connectivity index is 1.62. The molecule has 4 aliphatic carbocycles. The molecule has 0 aromatic carbocycles. The molecule has 0 unspecified atom stereocenters.